The van der Waals surface area contributed by atoms with E-state index in [4.69, 9.17) is 15.9 Å². The number of hydrogen-bond acceptors (Lipinski definition) is 7. The normalized spacial score (nSPS) is 9.95. The molecule has 1 amide bonds. The number of thioether (sulfide) groups is 1. The van der Waals surface area contributed by atoms with E-state index in [1.165, 1.54) is 0 Å². The number of rotatable bonds is 4. The Bertz CT molecular complexity index is 829. The van der Waals surface area contributed by atoms with Crippen molar-refractivity contribution in [2.45, 2.75) is 11.9 Å². The van der Waals surface area contributed by atoms with Gasteiger partial charge in [0.2, 0.25) is 5.91 Å². The summed E-state index contributed by atoms with van der Waals surface area (Å²) in [5.74, 6) is 0.348. The number of hydrogen-bond donors (Lipinski definition) is 2. The Kier molecular flexibility index (Phi) is 4.35. The molecule has 22 heavy (non-hydrogen) atoms. The fourth-order valence-corrected chi connectivity index (χ4v) is 2.59. The van der Waals surface area contributed by atoms with E-state index in [1.807, 2.05) is 12.1 Å². The SMILES string of the molecule is Cc1ccc(-c2c(C#N)c(N)nc(SCC(N)=O)c2C#N)o1. The van der Waals surface area contributed by atoms with Crippen molar-refractivity contribution in [1.82, 2.24) is 4.98 Å². The zero-order chi connectivity index (χ0) is 16.3. The van der Waals surface area contributed by atoms with E-state index in [0.717, 1.165) is 11.8 Å². The van der Waals surface area contributed by atoms with Crippen molar-refractivity contribution in [3.63, 3.8) is 0 Å². The molecule has 8 heteroatoms. The Balaban J connectivity index is 2.71. The third-order valence-corrected chi connectivity index (χ3v) is 3.75. The number of aromatic nitrogens is 1. The zero-order valence-electron chi connectivity index (χ0n) is 11.6. The van der Waals surface area contributed by atoms with Gasteiger partial charge in [-0.15, -0.1) is 0 Å². The van der Waals surface area contributed by atoms with Crippen molar-refractivity contribution in [1.29, 1.82) is 10.5 Å². The van der Waals surface area contributed by atoms with E-state index in [1.54, 1.807) is 19.1 Å². The Morgan fingerprint density at radius 2 is 2.05 bits per heavy atom. The molecule has 2 aromatic rings. The lowest BCUT2D eigenvalue weighted by atomic mass is 10.0. The van der Waals surface area contributed by atoms with Crippen LogP contribution >= 0.6 is 11.8 Å². The maximum atomic E-state index is 10.9. The first-order valence-corrected chi connectivity index (χ1v) is 7.08. The number of amides is 1. The molecule has 0 bridgehead atoms. The second-order valence-electron chi connectivity index (χ2n) is 4.32. The Labute approximate surface area is 130 Å². The molecule has 0 saturated heterocycles. The van der Waals surface area contributed by atoms with Crippen LogP contribution in [-0.4, -0.2) is 16.6 Å². The van der Waals surface area contributed by atoms with Gasteiger partial charge < -0.3 is 15.9 Å². The minimum absolute atomic E-state index is 0.0301. The smallest absolute Gasteiger partial charge is 0.227 e. The van der Waals surface area contributed by atoms with Gasteiger partial charge in [0.15, 0.2) is 0 Å². The molecule has 4 N–H and O–H groups in total. The number of nitrogen functional groups attached to an aromatic ring is 1. The molecule has 0 aliphatic heterocycles. The van der Waals surface area contributed by atoms with Gasteiger partial charge in [-0.25, -0.2) is 4.98 Å². The largest absolute Gasteiger partial charge is 0.461 e. The van der Waals surface area contributed by atoms with E-state index < -0.39 is 5.91 Å². The van der Waals surface area contributed by atoms with E-state index >= 15 is 0 Å². The fourth-order valence-electron chi connectivity index (χ4n) is 1.86. The monoisotopic (exact) mass is 313 g/mol. The van der Waals surface area contributed by atoms with Crippen LogP contribution in [0.3, 0.4) is 0 Å². The van der Waals surface area contributed by atoms with E-state index in [2.05, 4.69) is 4.98 Å². The number of primary amides is 1. The van der Waals surface area contributed by atoms with Crippen molar-refractivity contribution in [3.05, 3.63) is 29.0 Å². The number of carbonyl (C=O) groups excluding carboxylic acids is 1. The first-order valence-electron chi connectivity index (χ1n) is 6.09. The molecule has 0 aliphatic rings. The number of aryl methyl sites for hydroxylation is 1. The zero-order valence-corrected chi connectivity index (χ0v) is 12.4. The van der Waals surface area contributed by atoms with Gasteiger partial charge in [-0.2, -0.15) is 10.5 Å². The lowest BCUT2D eigenvalue weighted by molar-refractivity contribution is -0.115. The number of carbonyl (C=O) groups is 1. The second-order valence-corrected chi connectivity index (χ2v) is 5.28. The molecule has 0 radical (unpaired) electrons. The topological polar surface area (TPSA) is 143 Å². The van der Waals surface area contributed by atoms with Crippen LogP contribution < -0.4 is 11.5 Å². The lowest BCUT2D eigenvalue weighted by Crippen LogP contribution is -2.13. The summed E-state index contributed by atoms with van der Waals surface area (Å²) in [4.78, 5) is 15.0. The number of nitrogens with two attached hydrogens (primary N) is 2. The maximum absolute atomic E-state index is 10.9. The predicted molar refractivity (Wildman–Crippen MR) is 80.4 cm³/mol. The molecular formula is C14H11N5O2S. The van der Waals surface area contributed by atoms with Crippen LogP contribution in [0.25, 0.3) is 11.3 Å². The average Bonchev–Trinajstić information content (AvgIpc) is 2.90. The lowest BCUT2D eigenvalue weighted by Gasteiger charge is -2.10. The molecular weight excluding hydrogens is 302 g/mol. The maximum Gasteiger partial charge on any atom is 0.227 e. The van der Waals surface area contributed by atoms with Gasteiger partial charge in [0.25, 0.3) is 0 Å². The minimum Gasteiger partial charge on any atom is -0.461 e. The third-order valence-electron chi connectivity index (χ3n) is 2.75. The van der Waals surface area contributed by atoms with Crippen LogP contribution in [0, 0.1) is 29.6 Å². The number of nitrogens with zero attached hydrogens (tertiary/aromatic N) is 3. The highest BCUT2D eigenvalue weighted by Gasteiger charge is 2.22. The van der Waals surface area contributed by atoms with Crippen molar-refractivity contribution >= 4 is 23.5 Å². The summed E-state index contributed by atoms with van der Waals surface area (Å²) in [6, 6.07) is 7.29. The number of pyridine rings is 1. The van der Waals surface area contributed by atoms with Crippen LogP contribution in [0.2, 0.25) is 0 Å². The predicted octanol–water partition coefficient (Wildman–Crippen LogP) is 1.55. The fraction of sp³-hybridized carbons (Fsp3) is 0.143. The van der Waals surface area contributed by atoms with Gasteiger partial charge in [0.1, 0.15) is 40.1 Å². The Morgan fingerprint density at radius 3 is 2.55 bits per heavy atom. The summed E-state index contributed by atoms with van der Waals surface area (Å²) < 4.78 is 5.50. The van der Waals surface area contributed by atoms with Crippen molar-refractivity contribution in [2.75, 3.05) is 11.5 Å². The summed E-state index contributed by atoms with van der Waals surface area (Å²) in [7, 11) is 0. The van der Waals surface area contributed by atoms with Gasteiger partial charge in [-0.05, 0) is 19.1 Å². The van der Waals surface area contributed by atoms with Gasteiger partial charge in [-0.1, -0.05) is 11.8 Å². The van der Waals surface area contributed by atoms with E-state index in [-0.39, 0.29) is 33.3 Å². The standard InChI is InChI=1S/C14H11N5O2S/c1-7-2-3-10(21-7)12-8(4-15)13(18)19-14(9(12)5-16)22-6-11(17)20/h2-3H,6H2,1H3,(H2,17,20)(H2,18,19). The molecule has 0 saturated carbocycles. The molecule has 0 fully saturated rings. The summed E-state index contributed by atoms with van der Waals surface area (Å²) in [5.41, 5.74) is 11.4. The third kappa shape index (κ3) is 2.87. The molecule has 2 rings (SSSR count). The van der Waals surface area contributed by atoms with Gasteiger partial charge in [0, 0.05) is 0 Å². The molecule has 7 nitrogen and oxygen atoms in total. The summed E-state index contributed by atoms with van der Waals surface area (Å²) in [5, 5.41) is 19.0. The van der Waals surface area contributed by atoms with Gasteiger partial charge in [0.05, 0.1) is 16.9 Å². The first kappa shape index (κ1) is 15.4. The number of anilines is 1. The second kappa shape index (κ2) is 6.20. The average molecular weight is 313 g/mol. The van der Waals surface area contributed by atoms with E-state index in [9.17, 15) is 15.3 Å². The highest BCUT2D eigenvalue weighted by Crippen LogP contribution is 2.36. The van der Waals surface area contributed by atoms with Crippen LogP contribution in [0.5, 0.6) is 0 Å². The van der Waals surface area contributed by atoms with Gasteiger partial charge in [-0.3, -0.25) is 4.79 Å². The van der Waals surface area contributed by atoms with Crippen molar-refractivity contribution in [3.8, 4) is 23.5 Å². The molecule has 2 aromatic heterocycles. The summed E-state index contributed by atoms with van der Waals surface area (Å²) in [6.45, 7) is 1.74. The minimum atomic E-state index is -0.547. The molecule has 0 atom stereocenters. The highest BCUT2D eigenvalue weighted by molar-refractivity contribution is 8.00. The van der Waals surface area contributed by atoms with Crippen molar-refractivity contribution < 1.29 is 9.21 Å². The molecule has 0 aliphatic carbocycles. The van der Waals surface area contributed by atoms with Crippen LogP contribution in [-0.2, 0) is 4.79 Å². The van der Waals surface area contributed by atoms with Gasteiger partial charge >= 0.3 is 0 Å². The summed E-state index contributed by atoms with van der Waals surface area (Å²) >= 11 is 0.989. The van der Waals surface area contributed by atoms with Crippen molar-refractivity contribution in [2.24, 2.45) is 5.73 Å². The Hall–Kier alpha value is -2.97. The highest BCUT2D eigenvalue weighted by atomic mass is 32.2. The molecule has 110 valence electrons. The molecule has 0 aromatic carbocycles. The first-order chi connectivity index (χ1) is 10.5. The number of furan rings is 1. The van der Waals surface area contributed by atoms with E-state index in [0.29, 0.717) is 11.5 Å². The van der Waals surface area contributed by atoms with Crippen LogP contribution in [0.4, 0.5) is 5.82 Å². The quantitative estimate of drug-likeness (QED) is 0.815. The molecule has 0 unspecified atom stereocenters. The summed E-state index contributed by atoms with van der Waals surface area (Å²) in [6.07, 6.45) is 0. The van der Waals surface area contributed by atoms with Crippen LogP contribution in [0.15, 0.2) is 21.6 Å². The molecule has 2 heterocycles. The van der Waals surface area contributed by atoms with Crippen LogP contribution in [0.1, 0.15) is 16.9 Å². The molecule has 0 spiro atoms. The Morgan fingerprint density at radius 1 is 1.36 bits per heavy atom. The number of nitriles is 2.